The molecule has 0 spiro atoms. The van der Waals surface area contributed by atoms with Gasteiger partial charge in [-0.25, -0.2) is 4.79 Å². The lowest BCUT2D eigenvalue weighted by molar-refractivity contribution is -0.121. The van der Waals surface area contributed by atoms with Crippen molar-refractivity contribution in [3.05, 3.63) is 150 Å². The van der Waals surface area contributed by atoms with Crippen LogP contribution in [-0.2, 0) is 22.6 Å². The second-order valence-electron chi connectivity index (χ2n) is 14.7. The number of ether oxygens (including phenoxy) is 1. The number of urea groups is 1. The van der Waals surface area contributed by atoms with Gasteiger partial charge in [0, 0.05) is 50.4 Å². The lowest BCUT2D eigenvalue weighted by Gasteiger charge is -2.17. The topological polar surface area (TPSA) is 186 Å². The summed E-state index contributed by atoms with van der Waals surface area (Å²) in [5, 5.41) is 21.6. The normalized spacial score (nSPS) is 14.2. The lowest BCUT2D eigenvalue weighted by Crippen LogP contribution is -2.42. The number of amides is 5. The monoisotopic (exact) mass is 888 g/mol. The van der Waals surface area contributed by atoms with Crippen LogP contribution in [-0.4, -0.2) is 56.6 Å². The zero-order chi connectivity index (χ0) is 43.7. The summed E-state index contributed by atoms with van der Waals surface area (Å²) in [5.74, 6) is -0.814. The van der Waals surface area contributed by atoms with E-state index in [4.69, 9.17) is 32.9 Å². The Morgan fingerprint density at radius 1 is 0.887 bits per heavy atom. The van der Waals surface area contributed by atoms with E-state index in [1.807, 2.05) is 47.1 Å². The standard InChI is InChI=1S/C45H38Cl2N8O6S/c1-23-24(2)62-44-37(23)39(28-11-14-29(46)15-12-28)51-34(41-54-53-25(3)55(41)44)21-36(56)48-19-5-6-27-13-16-30(20-33(27)47)50-45(60)49-22-26-9-17-31(18-10-26)61-35-8-4-7-32-38(35)42(58)52-43(59)40(32)57/h4,7-18,20,34H,5-6,19,21-22H2,1-3H3,(H,48,56)(H2,49,50,60)(H,52,58,59)/t34-/m0/s1. The lowest BCUT2D eigenvalue weighted by atomic mass is 9.98. The Kier molecular flexibility index (Phi) is 12.0. The van der Waals surface area contributed by atoms with Crippen LogP contribution in [0, 0.1) is 20.8 Å². The summed E-state index contributed by atoms with van der Waals surface area (Å²) in [7, 11) is 0. The van der Waals surface area contributed by atoms with Gasteiger partial charge < -0.3 is 20.7 Å². The van der Waals surface area contributed by atoms with Crippen LogP contribution < -0.4 is 26.0 Å². The summed E-state index contributed by atoms with van der Waals surface area (Å²) in [4.78, 5) is 68.9. The molecular formula is C45H38Cl2N8O6S. The van der Waals surface area contributed by atoms with Crippen molar-refractivity contribution in [2.45, 2.75) is 52.6 Å². The Morgan fingerprint density at radius 2 is 1.66 bits per heavy atom. The number of nitrogens with one attached hydrogen (secondary N) is 4. The van der Waals surface area contributed by atoms with Crippen molar-refractivity contribution < 1.29 is 28.7 Å². The number of thiophene rings is 1. The Hall–Kier alpha value is -6.68. The molecule has 0 saturated carbocycles. The number of halogens is 2. The second kappa shape index (κ2) is 17.7. The van der Waals surface area contributed by atoms with E-state index in [1.54, 1.807) is 47.7 Å². The van der Waals surface area contributed by atoms with Crippen LogP contribution in [0.3, 0.4) is 0 Å². The third-order valence-corrected chi connectivity index (χ3v) is 12.3. The van der Waals surface area contributed by atoms with E-state index in [1.165, 1.54) is 18.2 Å². The summed E-state index contributed by atoms with van der Waals surface area (Å²) in [6, 6.07) is 23.1. The van der Waals surface area contributed by atoms with Gasteiger partial charge in [-0.1, -0.05) is 59.6 Å². The molecule has 4 N–H and O–H groups in total. The number of benzene rings is 4. The highest BCUT2D eigenvalue weighted by atomic mass is 35.5. The number of rotatable bonds is 12. The predicted octanol–water partition coefficient (Wildman–Crippen LogP) is 8.16. The molecule has 4 aromatic carbocycles. The SMILES string of the molecule is Cc1sc2c(c1C)C(c1ccc(Cl)cc1)=N[C@@H](CC(=O)NCCCc1ccc(NC(=O)NCc3ccc(Oc4cccc5c4C(=O)NC(=O)C5=O)cc3)cc1Cl)c1nnc(C)n1-2. The van der Waals surface area contributed by atoms with E-state index in [9.17, 15) is 24.0 Å². The number of carbonyl (C=O) groups is 5. The molecule has 2 aliphatic heterocycles. The number of imide groups is 1. The number of aliphatic imine (C=N–C) groups is 1. The number of hydrogen-bond donors (Lipinski definition) is 4. The molecule has 8 rings (SSSR count). The average molecular weight is 890 g/mol. The van der Waals surface area contributed by atoms with Crippen molar-refractivity contribution in [1.29, 1.82) is 0 Å². The fourth-order valence-electron chi connectivity index (χ4n) is 7.26. The summed E-state index contributed by atoms with van der Waals surface area (Å²) >= 11 is 14.5. The number of hydrogen-bond acceptors (Lipinski definition) is 10. The Morgan fingerprint density at radius 3 is 2.42 bits per heavy atom. The molecular weight excluding hydrogens is 852 g/mol. The molecule has 6 aromatic rings. The zero-order valence-corrected chi connectivity index (χ0v) is 35.9. The van der Waals surface area contributed by atoms with Crippen molar-refractivity contribution in [1.82, 2.24) is 30.7 Å². The number of Topliss-reactive ketones (excluding diaryl/α,β-unsaturated/α-hetero) is 1. The summed E-state index contributed by atoms with van der Waals surface area (Å²) < 4.78 is 7.88. The van der Waals surface area contributed by atoms with Crippen molar-refractivity contribution >= 4 is 75.5 Å². The number of nitrogens with zero attached hydrogens (tertiary/aromatic N) is 4. The maximum absolute atomic E-state index is 13.4. The zero-order valence-electron chi connectivity index (χ0n) is 33.6. The molecule has 2 aromatic heterocycles. The van der Waals surface area contributed by atoms with Gasteiger partial charge in [0.05, 0.1) is 17.7 Å². The van der Waals surface area contributed by atoms with Crippen molar-refractivity contribution in [3.63, 3.8) is 0 Å². The van der Waals surface area contributed by atoms with Crippen LogP contribution in [0.1, 0.15) is 83.9 Å². The van der Waals surface area contributed by atoms with Crippen LogP contribution in [0.25, 0.3) is 5.00 Å². The van der Waals surface area contributed by atoms with E-state index < -0.39 is 29.7 Å². The molecule has 1 atom stereocenters. The maximum atomic E-state index is 13.4. The van der Waals surface area contributed by atoms with Crippen LogP contribution in [0.5, 0.6) is 11.5 Å². The highest BCUT2D eigenvalue weighted by Crippen LogP contribution is 2.40. The molecule has 0 saturated heterocycles. The van der Waals surface area contributed by atoms with E-state index >= 15 is 0 Å². The van der Waals surface area contributed by atoms with Gasteiger partial charge in [0.15, 0.2) is 5.82 Å². The van der Waals surface area contributed by atoms with E-state index in [2.05, 4.69) is 40.0 Å². The Balaban J connectivity index is 0.823. The number of carbonyl (C=O) groups excluding carboxylic acids is 5. The molecule has 0 radical (unpaired) electrons. The van der Waals surface area contributed by atoms with E-state index in [0.717, 1.165) is 49.2 Å². The smallest absolute Gasteiger partial charge is 0.319 e. The molecule has 0 fully saturated rings. The minimum absolute atomic E-state index is 0.00971. The summed E-state index contributed by atoms with van der Waals surface area (Å²) in [5.41, 5.74) is 5.92. The summed E-state index contributed by atoms with van der Waals surface area (Å²) in [6.45, 7) is 6.69. The Bertz CT molecular complexity index is 2820. The van der Waals surface area contributed by atoms with Crippen molar-refractivity contribution in [2.24, 2.45) is 4.99 Å². The fourth-order valence-corrected chi connectivity index (χ4v) is 8.87. The first-order chi connectivity index (χ1) is 29.8. The Labute approximate surface area is 369 Å². The molecule has 314 valence electrons. The van der Waals surface area contributed by atoms with Crippen LogP contribution in [0.15, 0.2) is 89.9 Å². The van der Waals surface area contributed by atoms with Crippen LogP contribution >= 0.6 is 34.5 Å². The maximum Gasteiger partial charge on any atom is 0.319 e. The molecule has 62 heavy (non-hydrogen) atoms. The first-order valence-electron chi connectivity index (χ1n) is 19.6. The van der Waals surface area contributed by atoms with E-state index in [-0.39, 0.29) is 35.7 Å². The third kappa shape index (κ3) is 8.73. The number of fused-ring (bicyclic) bond motifs is 4. The van der Waals surface area contributed by atoms with Crippen molar-refractivity contribution in [2.75, 3.05) is 11.9 Å². The number of aryl methyl sites for hydroxylation is 3. The number of ketones is 1. The fraction of sp³-hybridized carbons (Fsp3) is 0.200. The molecule has 4 heterocycles. The number of anilines is 1. The molecule has 17 heteroatoms. The second-order valence-corrected chi connectivity index (χ2v) is 16.8. The van der Waals surface area contributed by atoms with Gasteiger partial charge in [-0.3, -0.25) is 34.1 Å². The molecule has 2 aliphatic rings. The first-order valence-corrected chi connectivity index (χ1v) is 21.2. The molecule has 0 aliphatic carbocycles. The van der Waals surface area contributed by atoms with Gasteiger partial charge in [0.25, 0.3) is 17.6 Å². The molecule has 14 nitrogen and oxygen atoms in total. The minimum Gasteiger partial charge on any atom is -0.457 e. The largest absolute Gasteiger partial charge is 0.457 e. The van der Waals surface area contributed by atoms with Gasteiger partial charge >= 0.3 is 6.03 Å². The quantitative estimate of drug-likeness (QED) is 0.0539. The van der Waals surface area contributed by atoms with E-state index in [0.29, 0.717) is 46.7 Å². The van der Waals surface area contributed by atoms with Crippen molar-refractivity contribution in [3.8, 4) is 16.5 Å². The predicted molar refractivity (Wildman–Crippen MR) is 236 cm³/mol. The first kappa shape index (κ1) is 42.0. The molecule has 5 amide bonds. The van der Waals surface area contributed by atoms with Crippen LogP contribution in [0.4, 0.5) is 10.5 Å². The number of aromatic nitrogens is 3. The molecule has 0 unspecified atom stereocenters. The highest BCUT2D eigenvalue weighted by molar-refractivity contribution is 7.15. The van der Waals surface area contributed by atoms with Gasteiger partial charge in [-0.2, -0.15) is 0 Å². The van der Waals surface area contributed by atoms with Gasteiger partial charge in [0.2, 0.25) is 5.91 Å². The van der Waals surface area contributed by atoms with Crippen LogP contribution in [0.2, 0.25) is 10.0 Å². The highest BCUT2D eigenvalue weighted by Gasteiger charge is 2.34. The van der Waals surface area contributed by atoms with Gasteiger partial charge in [-0.05, 0) is 98.8 Å². The van der Waals surface area contributed by atoms with Gasteiger partial charge in [0.1, 0.15) is 28.4 Å². The molecule has 0 bridgehead atoms. The minimum atomic E-state index is -0.981. The third-order valence-electron chi connectivity index (χ3n) is 10.5. The average Bonchev–Trinajstić information content (AvgIpc) is 3.73. The van der Waals surface area contributed by atoms with Gasteiger partial charge in [-0.15, -0.1) is 21.5 Å². The summed E-state index contributed by atoms with van der Waals surface area (Å²) in [6.07, 6.45) is 1.30.